The molecular formula is C24H27NO5. The SMILES string of the molecule is CCCCN1C(=O)C(=O)/C(=C(/O)c2cc(C)cc(C)c2OC)C1c1cccc(O)c1. The number of likely N-dealkylation sites (tertiary alicyclic amines) is 1. The van der Waals surface area contributed by atoms with Crippen LogP contribution in [-0.4, -0.2) is 40.5 Å². The Hall–Kier alpha value is -3.28. The Bertz CT molecular complexity index is 1020. The zero-order chi connectivity index (χ0) is 22.0. The van der Waals surface area contributed by atoms with Gasteiger partial charge in [0.25, 0.3) is 11.7 Å². The van der Waals surface area contributed by atoms with E-state index in [9.17, 15) is 19.8 Å². The van der Waals surface area contributed by atoms with Crippen molar-refractivity contribution in [3.8, 4) is 11.5 Å². The molecule has 1 amide bonds. The summed E-state index contributed by atoms with van der Waals surface area (Å²) in [7, 11) is 1.50. The van der Waals surface area contributed by atoms with Gasteiger partial charge in [-0.25, -0.2) is 0 Å². The molecule has 158 valence electrons. The second-order valence-corrected chi connectivity index (χ2v) is 7.60. The molecule has 2 N–H and O–H groups in total. The first-order valence-corrected chi connectivity index (χ1v) is 10.0. The van der Waals surface area contributed by atoms with Crippen molar-refractivity contribution in [2.24, 2.45) is 0 Å². The van der Waals surface area contributed by atoms with Crippen LogP contribution < -0.4 is 4.74 Å². The number of carbonyl (C=O) groups is 2. The van der Waals surface area contributed by atoms with Gasteiger partial charge in [-0.05, 0) is 55.2 Å². The van der Waals surface area contributed by atoms with Crippen molar-refractivity contribution in [1.29, 1.82) is 0 Å². The largest absolute Gasteiger partial charge is 0.508 e. The quantitative estimate of drug-likeness (QED) is 0.423. The molecule has 6 heteroatoms. The number of Topliss-reactive ketones (excluding diaryl/α,β-unsaturated/α-hetero) is 1. The summed E-state index contributed by atoms with van der Waals surface area (Å²) in [5, 5.41) is 21.2. The van der Waals surface area contributed by atoms with Crippen molar-refractivity contribution in [1.82, 2.24) is 4.90 Å². The van der Waals surface area contributed by atoms with E-state index in [1.807, 2.05) is 26.8 Å². The highest BCUT2D eigenvalue weighted by Gasteiger charge is 2.46. The Morgan fingerprint density at radius 1 is 1.17 bits per heavy atom. The minimum absolute atomic E-state index is 0.00463. The third-order valence-corrected chi connectivity index (χ3v) is 5.36. The first kappa shape index (κ1) is 21.4. The number of benzene rings is 2. The molecular weight excluding hydrogens is 382 g/mol. The molecule has 1 heterocycles. The number of hydrogen-bond donors (Lipinski definition) is 2. The van der Waals surface area contributed by atoms with Gasteiger partial charge in [0.1, 0.15) is 17.3 Å². The summed E-state index contributed by atoms with van der Waals surface area (Å²) < 4.78 is 5.48. The second-order valence-electron chi connectivity index (χ2n) is 7.60. The maximum Gasteiger partial charge on any atom is 0.295 e. The summed E-state index contributed by atoms with van der Waals surface area (Å²) >= 11 is 0. The molecule has 2 aromatic carbocycles. The number of hydrogen-bond acceptors (Lipinski definition) is 5. The number of ketones is 1. The van der Waals surface area contributed by atoms with E-state index >= 15 is 0 Å². The molecule has 6 nitrogen and oxygen atoms in total. The zero-order valence-electron chi connectivity index (χ0n) is 17.7. The highest BCUT2D eigenvalue weighted by atomic mass is 16.5. The fourth-order valence-corrected chi connectivity index (χ4v) is 4.03. The van der Waals surface area contributed by atoms with Gasteiger partial charge in [0.15, 0.2) is 0 Å². The van der Waals surface area contributed by atoms with Gasteiger partial charge < -0.3 is 19.8 Å². The molecule has 0 aliphatic carbocycles. The predicted octanol–water partition coefficient (Wildman–Crippen LogP) is 4.24. The lowest BCUT2D eigenvalue weighted by atomic mass is 9.93. The van der Waals surface area contributed by atoms with Crippen molar-refractivity contribution in [2.45, 2.75) is 39.7 Å². The number of amides is 1. The average molecular weight is 409 g/mol. The fraction of sp³-hybridized carbons (Fsp3) is 0.333. The summed E-state index contributed by atoms with van der Waals surface area (Å²) in [5.41, 5.74) is 2.64. The predicted molar refractivity (Wildman–Crippen MR) is 114 cm³/mol. The monoisotopic (exact) mass is 409 g/mol. The standard InChI is InChI=1S/C24H27NO5/c1-5-6-10-25-20(16-8-7-9-17(26)13-16)19(22(28)24(25)29)21(27)18-12-14(2)11-15(3)23(18)30-4/h7-9,11-13,20,26-27H,5-6,10H2,1-4H3/b21-19+. The van der Waals surface area contributed by atoms with E-state index in [0.717, 1.165) is 24.0 Å². The van der Waals surface area contributed by atoms with Crippen LogP contribution in [0, 0.1) is 13.8 Å². The lowest BCUT2D eigenvalue weighted by Gasteiger charge is -2.25. The molecule has 1 atom stereocenters. The molecule has 0 bridgehead atoms. The number of carbonyl (C=O) groups excluding carboxylic acids is 2. The van der Waals surface area contributed by atoms with Gasteiger partial charge in [-0.15, -0.1) is 0 Å². The Balaban J connectivity index is 2.27. The number of phenolic OH excluding ortho intramolecular Hbond substituents is 1. The third-order valence-electron chi connectivity index (χ3n) is 5.36. The highest BCUT2D eigenvalue weighted by Crippen LogP contribution is 2.42. The summed E-state index contributed by atoms with van der Waals surface area (Å²) in [4.78, 5) is 27.3. The van der Waals surface area contributed by atoms with Gasteiger partial charge in [0.2, 0.25) is 0 Å². The van der Waals surface area contributed by atoms with Crippen LogP contribution in [0.5, 0.6) is 11.5 Å². The van der Waals surface area contributed by atoms with E-state index in [2.05, 4.69) is 0 Å². The number of unbranched alkanes of at least 4 members (excludes halogenated alkanes) is 1. The number of phenols is 1. The third kappa shape index (κ3) is 3.77. The fourth-order valence-electron chi connectivity index (χ4n) is 4.03. The number of aryl methyl sites for hydroxylation is 2. The molecule has 2 aromatic rings. The lowest BCUT2D eigenvalue weighted by molar-refractivity contribution is -0.139. The van der Waals surface area contributed by atoms with Crippen LogP contribution in [-0.2, 0) is 9.59 Å². The van der Waals surface area contributed by atoms with E-state index in [4.69, 9.17) is 4.74 Å². The van der Waals surface area contributed by atoms with Gasteiger partial charge in [-0.3, -0.25) is 9.59 Å². The minimum atomic E-state index is -0.783. The second kappa shape index (κ2) is 8.61. The number of nitrogens with zero attached hydrogens (tertiary/aromatic N) is 1. The Morgan fingerprint density at radius 3 is 2.53 bits per heavy atom. The van der Waals surface area contributed by atoms with Crippen LogP contribution in [0.3, 0.4) is 0 Å². The molecule has 0 radical (unpaired) electrons. The van der Waals surface area contributed by atoms with Crippen molar-refractivity contribution in [2.75, 3.05) is 13.7 Å². The Kier molecular flexibility index (Phi) is 6.15. The number of ether oxygens (including phenoxy) is 1. The molecule has 0 spiro atoms. The maximum atomic E-state index is 13.0. The van der Waals surface area contributed by atoms with Crippen molar-refractivity contribution >= 4 is 17.4 Å². The van der Waals surface area contributed by atoms with Crippen LogP contribution in [0.4, 0.5) is 0 Å². The van der Waals surface area contributed by atoms with Crippen LogP contribution in [0.2, 0.25) is 0 Å². The number of rotatable bonds is 6. The lowest BCUT2D eigenvalue weighted by Crippen LogP contribution is -2.30. The number of aliphatic hydroxyl groups is 1. The summed E-state index contributed by atoms with van der Waals surface area (Å²) in [6.45, 7) is 6.12. The van der Waals surface area contributed by atoms with E-state index in [0.29, 0.717) is 23.4 Å². The normalized spacial score (nSPS) is 18.1. The molecule has 1 aliphatic rings. The Morgan fingerprint density at radius 2 is 1.90 bits per heavy atom. The topological polar surface area (TPSA) is 87.1 Å². The molecule has 0 aromatic heterocycles. The molecule has 0 saturated carbocycles. The smallest absolute Gasteiger partial charge is 0.295 e. The molecule has 1 unspecified atom stereocenters. The van der Waals surface area contributed by atoms with Crippen molar-refractivity contribution in [3.05, 3.63) is 64.2 Å². The first-order chi connectivity index (χ1) is 14.3. The van der Waals surface area contributed by atoms with Gasteiger partial charge in [0, 0.05) is 6.54 Å². The van der Waals surface area contributed by atoms with Crippen LogP contribution in [0.15, 0.2) is 42.0 Å². The number of methoxy groups -OCH3 is 1. The number of aromatic hydroxyl groups is 1. The van der Waals surface area contributed by atoms with Crippen molar-refractivity contribution < 1.29 is 24.5 Å². The van der Waals surface area contributed by atoms with Gasteiger partial charge in [0.05, 0.1) is 24.3 Å². The van der Waals surface area contributed by atoms with E-state index in [1.54, 1.807) is 18.2 Å². The highest BCUT2D eigenvalue weighted by molar-refractivity contribution is 6.46. The summed E-state index contributed by atoms with van der Waals surface area (Å²) in [6, 6.07) is 9.30. The summed E-state index contributed by atoms with van der Waals surface area (Å²) in [5.74, 6) is -1.19. The molecule has 30 heavy (non-hydrogen) atoms. The zero-order valence-corrected chi connectivity index (χ0v) is 17.7. The van der Waals surface area contributed by atoms with Crippen LogP contribution in [0.1, 0.15) is 48.1 Å². The summed E-state index contributed by atoms with van der Waals surface area (Å²) in [6.07, 6.45) is 1.57. The van der Waals surface area contributed by atoms with Crippen LogP contribution >= 0.6 is 0 Å². The first-order valence-electron chi connectivity index (χ1n) is 10.0. The average Bonchev–Trinajstić information content (AvgIpc) is 2.96. The number of aliphatic hydroxyl groups excluding tert-OH is 1. The maximum absolute atomic E-state index is 13.0. The molecule has 1 aliphatic heterocycles. The molecule has 3 rings (SSSR count). The van der Waals surface area contributed by atoms with E-state index in [1.165, 1.54) is 24.1 Å². The van der Waals surface area contributed by atoms with Gasteiger partial charge >= 0.3 is 0 Å². The minimum Gasteiger partial charge on any atom is -0.508 e. The van der Waals surface area contributed by atoms with Crippen molar-refractivity contribution in [3.63, 3.8) is 0 Å². The van der Waals surface area contributed by atoms with Gasteiger partial charge in [-0.2, -0.15) is 0 Å². The van der Waals surface area contributed by atoms with Gasteiger partial charge in [-0.1, -0.05) is 31.5 Å². The Labute approximate surface area is 176 Å². The van der Waals surface area contributed by atoms with E-state index < -0.39 is 17.7 Å². The van der Waals surface area contributed by atoms with Crippen LogP contribution in [0.25, 0.3) is 5.76 Å². The van der Waals surface area contributed by atoms with E-state index in [-0.39, 0.29) is 17.1 Å². The molecule has 1 fully saturated rings. The molecule has 1 saturated heterocycles.